The van der Waals surface area contributed by atoms with E-state index in [2.05, 4.69) is 5.32 Å². The zero-order valence-electron chi connectivity index (χ0n) is 14.8. The van der Waals surface area contributed by atoms with Crippen LogP contribution in [0.3, 0.4) is 0 Å². The fourth-order valence-electron chi connectivity index (χ4n) is 3.00. The maximum Gasteiger partial charge on any atom is 0.250 e. The van der Waals surface area contributed by atoms with E-state index in [1.165, 1.54) is 0 Å². The molecule has 0 fully saturated rings. The summed E-state index contributed by atoms with van der Waals surface area (Å²) in [7, 11) is 1.61. The van der Waals surface area contributed by atoms with Crippen LogP contribution in [-0.4, -0.2) is 36.5 Å². The number of benzene rings is 2. The summed E-state index contributed by atoms with van der Waals surface area (Å²) in [4.78, 5) is 23.7. The number of amides is 1. The quantitative estimate of drug-likeness (QED) is 0.506. The standard InChI is InChI=1S/C20H21N3O3/c1-13(24)17-12-23(19-6-4-3-5-15(17)19)14-7-8-16(20(21)25)18(11-14)22-9-10-26-2/h3-8,11-12,22H,9-10H2,1-2H3,(H2,21,25). The molecule has 26 heavy (non-hydrogen) atoms. The molecule has 0 aliphatic carbocycles. The van der Waals surface area contributed by atoms with E-state index in [0.717, 1.165) is 16.6 Å². The Balaban J connectivity index is 2.12. The lowest BCUT2D eigenvalue weighted by molar-refractivity contribution is 0.0997. The van der Waals surface area contributed by atoms with Gasteiger partial charge in [-0.15, -0.1) is 0 Å². The number of carbonyl (C=O) groups is 2. The van der Waals surface area contributed by atoms with E-state index < -0.39 is 5.91 Å². The van der Waals surface area contributed by atoms with Gasteiger partial charge in [-0.2, -0.15) is 0 Å². The lowest BCUT2D eigenvalue weighted by atomic mass is 10.1. The van der Waals surface area contributed by atoms with Crippen LogP contribution in [0.1, 0.15) is 27.6 Å². The van der Waals surface area contributed by atoms with Gasteiger partial charge in [0.15, 0.2) is 5.78 Å². The zero-order chi connectivity index (χ0) is 18.7. The minimum Gasteiger partial charge on any atom is -0.383 e. The lowest BCUT2D eigenvalue weighted by Gasteiger charge is -2.13. The van der Waals surface area contributed by atoms with Crippen LogP contribution in [0.5, 0.6) is 0 Å². The smallest absolute Gasteiger partial charge is 0.250 e. The van der Waals surface area contributed by atoms with Gasteiger partial charge in [0.1, 0.15) is 0 Å². The van der Waals surface area contributed by atoms with Crippen molar-refractivity contribution in [2.75, 3.05) is 25.6 Å². The average molecular weight is 351 g/mol. The van der Waals surface area contributed by atoms with E-state index in [0.29, 0.717) is 30.0 Å². The highest BCUT2D eigenvalue weighted by Gasteiger charge is 2.15. The fraction of sp³-hybridized carbons (Fsp3) is 0.200. The number of ketones is 1. The van der Waals surface area contributed by atoms with Gasteiger partial charge in [0.2, 0.25) is 0 Å². The lowest BCUT2D eigenvalue weighted by Crippen LogP contribution is -2.16. The minimum atomic E-state index is -0.502. The predicted octanol–water partition coefficient (Wildman–Crippen LogP) is 2.99. The normalized spacial score (nSPS) is 10.8. The Morgan fingerprint density at radius 2 is 1.92 bits per heavy atom. The zero-order valence-corrected chi connectivity index (χ0v) is 14.8. The van der Waals surface area contributed by atoms with Crippen LogP contribution in [0.25, 0.3) is 16.6 Å². The first-order valence-corrected chi connectivity index (χ1v) is 8.31. The molecule has 0 unspecified atom stereocenters. The SMILES string of the molecule is COCCNc1cc(-n2cc(C(C)=O)c3ccccc32)ccc1C(N)=O. The number of hydrogen-bond acceptors (Lipinski definition) is 4. The largest absolute Gasteiger partial charge is 0.383 e. The highest BCUT2D eigenvalue weighted by atomic mass is 16.5. The van der Waals surface area contributed by atoms with Crippen LogP contribution in [0.15, 0.2) is 48.7 Å². The molecule has 3 aromatic rings. The van der Waals surface area contributed by atoms with Crippen molar-refractivity contribution in [1.82, 2.24) is 4.57 Å². The number of fused-ring (bicyclic) bond motifs is 1. The number of hydrogen-bond donors (Lipinski definition) is 2. The molecule has 0 spiro atoms. The van der Waals surface area contributed by atoms with Crippen LogP contribution in [-0.2, 0) is 4.74 Å². The van der Waals surface area contributed by atoms with Crippen molar-refractivity contribution in [3.05, 3.63) is 59.8 Å². The summed E-state index contributed by atoms with van der Waals surface area (Å²) in [5, 5.41) is 4.07. The van der Waals surface area contributed by atoms with E-state index in [1.807, 2.05) is 47.2 Å². The molecule has 0 saturated heterocycles. The number of nitrogens with two attached hydrogens (primary N) is 1. The molecule has 6 heteroatoms. The number of anilines is 1. The van der Waals surface area contributed by atoms with Crippen molar-refractivity contribution in [3.63, 3.8) is 0 Å². The maximum atomic E-state index is 12.0. The number of primary amides is 1. The third-order valence-corrected chi connectivity index (χ3v) is 4.26. The van der Waals surface area contributed by atoms with Crippen molar-refractivity contribution >= 4 is 28.3 Å². The van der Waals surface area contributed by atoms with Gasteiger partial charge >= 0.3 is 0 Å². The second kappa shape index (κ2) is 7.41. The molecule has 2 aromatic carbocycles. The summed E-state index contributed by atoms with van der Waals surface area (Å²) in [6, 6.07) is 13.1. The van der Waals surface area contributed by atoms with Gasteiger partial charge in [-0.1, -0.05) is 18.2 Å². The van der Waals surface area contributed by atoms with Crippen molar-refractivity contribution < 1.29 is 14.3 Å². The molecule has 0 aliphatic heterocycles. The molecular weight excluding hydrogens is 330 g/mol. The molecule has 1 amide bonds. The van der Waals surface area contributed by atoms with E-state index in [-0.39, 0.29) is 5.78 Å². The van der Waals surface area contributed by atoms with Gasteiger partial charge in [0.05, 0.1) is 17.7 Å². The maximum absolute atomic E-state index is 12.0. The number of methoxy groups -OCH3 is 1. The molecule has 0 radical (unpaired) electrons. The summed E-state index contributed by atoms with van der Waals surface area (Å²) in [6.45, 7) is 2.61. The highest BCUT2D eigenvalue weighted by Crippen LogP contribution is 2.27. The van der Waals surface area contributed by atoms with Crippen molar-refractivity contribution in [3.8, 4) is 5.69 Å². The van der Waals surface area contributed by atoms with Gasteiger partial charge < -0.3 is 20.4 Å². The van der Waals surface area contributed by atoms with Crippen LogP contribution in [0.4, 0.5) is 5.69 Å². The fourth-order valence-corrected chi connectivity index (χ4v) is 3.00. The summed E-state index contributed by atoms with van der Waals surface area (Å²) in [5.41, 5.74) is 8.94. The number of aromatic nitrogens is 1. The molecule has 0 atom stereocenters. The van der Waals surface area contributed by atoms with Gasteiger partial charge in [-0.25, -0.2) is 0 Å². The Hall–Kier alpha value is -3.12. The number of nitrogens with one attached hydrogen (secondary N) is 1. The number of nitrogens with zero attached hydrogens (tertiary/aromatic N) is 1. The first-order valence-electron chi connectivity index (χ1n) is 8.31. The number of carbonyl (C=O) groups excluding carboxylic acids is 2. The number of Topliss-reactive ketones (excluding diaryl/α,β-unsaturated/α-hetero) is 1. The van der Waals surface area contributed by atoms with Crippen molar-refractivity contribution in [2.24, 2.45) is 5.73 Å². The van der Waals surface area contributed by atoms with Crippen LogP contribution in [0, 0.1) is 0 Å². The molecule has 134 valence electrons. The topological polar surface area (TPSA) is 86.3 Å². The summed E-state index contributed by atoms with van der Waals surface area (Å²) in [6.07, 6.45) is 1.82. The van der Waals surface area contributed by atoms with Gasteiger partial charge in [0, 0.05) is 42.2 Å². The first kappa shape index (κ1) is 17.7. The third kappa shape index (κ3) is 3.32. The molecule has 6 nitrogen and oxygen atoms in total. The number of rotatable bonds is 7. The van der Waals surface area contributed by atoms with E-state index in [4.69, 9.17) is 10.5 Å². The van der Waals surface area contributed by atoms with Crippen LogP contribution < -0.4 is 11.1 Å². The summed E-state index contributed by atoms with van der Waals surface area (Å²) in [5.74, 6) is -0.495. The average Bonchev–Trinajstić information content (AvgIpc) is 3.01. The summed E-state index contributed by atoms with van der Waals surface area (Å²) >= 11 is 0. The Morgan fingerprint density at radius 3 is 2.62 bits per heavy atom. The van der Waals surface area contributed by atoms with Gasteiger partial charge in [0.25, 0.3) is 5.91 Å². The highest BCUT2D eigenvalue weighted by molar-refractivity contribution is 6.07. The first-order chi connectivity index (χ1) is 12.5. The molecule has 1 heterocycles. The van der Waals surface area contributed by atoms with E-state index >= 15 is 0 Å². The Kier molecular flexibility index (Phi) is 5.04. The molecule has 0 bridgehead atoms. The summed E-state index contributed by atoms with van der Waals surface area (Å²) < 4.78 is 6.99. The van der Waals surface area contributed by atoms with Crippen LogP contribution >= 0.6 is 0 Å². The minimum absolute atomic E-state index is 0.00662. The molecule has 0 saturated carbocycles. The Labute approximate surface area is 151 Å². The van der Waals surface area contributed by atoms with Crippen LogP contribution in [0.2, 0.25) is 0 Å². The van der Waals surface area contributed by atoms with Crippen molar-refractivity contribution in [1.29, 1.82) is 0 Å². The van der Waals surface area contributed by atoms with Gasteiger partial charge in [-0.3, -0.25) is 9.59 Å². The molecule has 3 rings (SSSR count). The monoisotopic (exact) mass is 351 g/mol. The molecule has 3 N–H and O–H groups in total. The third-order valence-electron chi connectivity index (χ3n) is 4.26. The second-order valence-electron chi connectivity index (χ2n) is 6.00. The molecule has 1 aromatic heterocycles. The second-order valence-corrected chi connectivity index (χ2v) is 6.00. The number of para-hydroxylation sites is 1. The predicted molar refractivity (Wildman–Crippen MR) is 102 cm³/mol. The van der Waals surface area contributed by atoms with E-state index in [1.54, 1.807) is 20.1 Å². The van der Waals surface area contributed by atoms with E-state index in [9.17, 15) is 9.59 Å². The Bertz CT molecular complexity index is 976. The van der Waals surface area contributed by atoms with Gasteiger partial charge in [-0.05, 0) is 31.2 Å². The van der Waals surface area contributed by atoms with Crippen molar-refractivity contribution in [2.45, 2.75) is 6.92 Å². The Morgan fingerprint density at radius 1 is 1.15 bits per heavy atom. The molecule has 0 aliphatic rings. The molecular formula is C20H21N3O3. The number of ether oxygens (including phenoxy) is 1.